The largest absolute Gasteiger partial charge is 0.444 e. The van der Waals surface area contributed by atoms with Gasteiger partial charge in [-0.15, -0.1) is 0 Å². The third-order valence-corrected chi connectivity index (χ3v) is 2.27. The predicted molar refractivity (Wildman–Crippen MR) is 69.9 cm³/mol. The van der Waals surface area contributed by atoms with Crippen molar-refractivity contribution in [2.24, 2.45) is 0 Å². The normalized spacial score (nSPS) is 11.2. The molecule has 1 rings (SSSR count). The maximum atomic E-state index is 11.5. The first-order chi connectivity index (χ1) is 8.31. The number of anilines is 1. The fourth-order valence-electron chi connectivity index (χ4n) is 1.27. The molecule has 1 aromatic rings. The van der Waals surface area contributed by atoms with E-state index in [1.165, 1.54) is 0 Å². The molecule has 0 unspecified atom stereocenters. The Labute approximate surface area is 111 Å². The smallest absolute Gasteiger partial charge is 0.412 e. The molecule has 0 atom stereocenters. The van der Waals surface area contributed by atoms with Gasteiger partial charge in [0.1, 0.15) is 5.60 Å². The summed E-state index contributed by atoms with van der Waals surface area (Å²) in [4.78, 5) is 11.5. The standard InChI is InChI=1S/C12H17ClN2O3/c1-12(2,3)18-11(16)15-10-5-4-8(7-14-17)6-9(10)13/h4-6,14,17H,7H2,1-3H3,(H,15,16). The number of halogens is 1. The highest BCUT2D eigenvalue weighted by atomic mass is 35.5. The number of amides is 1. The summed E-state index contributed by atoms with van der Waals surface area (Å²) in [6, 6.07) is 5.04. The topological polar surface area (TPSA) is 70.6 Å². The number of carbonyl (C=O) groups excluding carboxylic acids is 1. The fraction of sp³-hybridized carbons (Fsp3) is 0.417. The zero-order valence-electron chi connectivity index (χ0n) is 10.6. The highest BCUT2D eigenvalue weighted by Gasteiger charge is 2.16. The lowest BCUT2D eigenvalue weighted by Gasteiger charge is -2.20. The number of nitrogens with one attached hydrogen (secondary N) is 2. The van der Waals surface area contributed by atoms with Crippen LogP contribution in [0.1, 0.15) is 26.3 Å². The van der Waals surface area contributed by atoms with E-state index >= 15 is 0 Å². The Morgan fingerprint density at radius 1 is 1.44 bits per heavy atom. The van der Waals surface area contributed by atoms with Crippen LogP contribution in [0.3, 0.4) is 0 Å². The molecule has 0 spiro atoms. The Bertz CT molecular complexity index is 430. The molecular weight excluding hydrogens is 256 g/mol. The van der Waals surface area contributed by atoms with Crippen LogP contribution in [0, 0.1) is 0 Å². The molecule has 0 radical (unpaired) electrons. The van der Waals surface area contributed by atoms with Gasteiger partial charge in [0.05, 0.1) is 10.7 Å². The van der Waals surface area contributed by atoms with Gasteiger partial charge in [-0.3, -0.25) is 5.32 Å². The highest BCUT2D eigenvalue weighted by Crippen LogP contribution is 2.23. The van der Waals surface area contributed by atoms with E-state index in [4.69, 9.17) is 21.5 Å². The fourth-order valence-corrected chi connectivity index (χ4v) is 1.53. The van der Waals surface area contributed by atoms with Crippen LogP contribution < -0.4 is 10.8 Å². The Hall–Kier alpha value is -1.30. The first kappa shape index (κ1) is 14.8. The van der Waals surface area contributed by atoms with E-state index in [0.29, 0.717) is 10.7 Å². The van der Waals surface area contributed by atoms with Crippen molar-refractivity contribution in [3.05, 3.63) is 28.8 Å². The average molecular weight is 273 g/mol. The van der Waals surface area contributed by atoms with Crippen molar-refractivity contribution in [3.8, 4) is 0 Å². The predicted octanol–water partition coefficient (Wildman–Crippen LogP) is 3.17. The molecule has 0 saturated heterocycles. The summed E-state index contributed by atoms with van der Waals surface area (Å²) in [5.74, 6) is 0. The van der Waals surface area contributed by atoms with Crippen LogP contribution in [0.4, 0.5) is 10.5 Å². The molecular formula is C12H17ClN2O3. The second-order valence-corrected chi connectivity index (χ2v) is 5.18. The van der Waals surface area contributed by atoms with Crippen LogP contribution in [-0.4, -0.2) is 16.9 Å². The average Bonchev–Trinajstić information content (AvgIpc) is 2.20. The summed E-state index contributed by atoms with van der Waals surface area (Å²) in [6.07, 6.45) is -0.558. The maximum absolute atomic E-state index is 11.5. The molecule has 0 fully saturated rings. The zero-order chi connectivity index (χ0) is 13.8. The molecule has 0 heterocycles. The number of hydrogen-bond donors (Lipinski definition) is 3. The zero-order valence-corrected chi connectivity index (χ0v) is 11.3. The second-order valence-electron chi connectivity index (χ2n) is 4.78. The second kappa shape index (κ2) is 6.04. The summed E-state index contributed by atoms with van der Waals surface area (Å²) in [6.45, 7) is 5.63. The van der Waals surface area contributed by atoms with Gasteiger partial charge < -0.3 is 9.94 Å². The van der Waals surface area contributed by atoms with Gasteiger partial charge in [0.15, 0.2) is 0 Å². The number of ether oxygens (including phenoxy) is 1. The summed E-state index contributed by atoms with van der Waals surface area (Å²) >= 11 is 6.00. The number of hydrogen-bond acceptors (Lipinski definition) is 4. The third kappa shape index (κ3) is 4.91. The molecule has 0 aliphatic carbocycles. The molecule has 6 heteroatoms. The van der Waals surface area contributed by atoms with Gasteiger partial charge in [-0.25, -0.2) is 10.3 Å². The van der Waals surface area contributed by atoms with Crippen molar-refractivity contribution < 1.29 is 14.7 Å². The number of carbonyl (C=O) groups is 1. The molecule has 1 amide bonds. The van der Waals surface area contributed by atoms with Crippen LogP contribution in [0.15, 0.2) is 18.2 Å². The van der Waals surface area contributed by atoms with Gasteiger partial charge in [0, 0.05) is 6.54 Å². The first-order valence-electron chi connectivity index (χ1n) is 5.47. The van der Waals surface area contributed by atoms with E-state index in [1.54, 1.807) is 39.0 Å². The SMILES string of the molecule is CC(C)(C)OC(=O)Nc1ccc(CNO)cc1Cl. The Morgan fingerprint density at radius 2 is 2.11 bits per heavy atom. The van der Waals surface area contributed by atoms with Gasteiger partial charge in [0.2, 0.25) is 0 Å². The molecule has 0 bridgehead atoms. The lowest BCUT2D eigenvalue weighted by molar-refractivity contribution is 0.0636. The van der Waals surface area contributed by atoms with Gasteiger partial charge in [-0.1, -0.05) is 17.7 Å². The van der Waals surface area contributed by atoms with E-state index in [2.05, 4.69) is 5.32 Å². The van der Waals surface area contributed by atoms with Crippen molar-refractivity contribution >= 4 is 23.4 Å². The number of benzene rings is 1. The molecule has 18 heavy (non-hydrogen) atoms. The lowest BCUT2D eigenvalue weighted by atomic mass is 10.2. The Kier molecular flexibility index (Phi) is 4.95. The third-order valence-electron chi connectivity index (χ3n) is 1.95. The minimum atomic E-state index is -0.558. The highest BCUT2D eigenvalue weighted by molar-refractivity contribution is 6.33. The van der Waals surface area contributed by atoms with Gasteiger partial charge >= 0.3 is 6.09 Å². The summed E-state index contributed by atoms with van der Waals surface area (Å²) < 4.78 is 5.11. The van der Waals surface area contributed by atoms with Crippen molar-refractivity contribution in [1.82, 2.24) is 5.48 Å². The minimum absolute atomic E-state index is 0.284. The molecule has 0 aliphatic heterocycles. The van der Waals surface area contributed by atoms with Crippen molar-refractivity contribution in [2.75, 3.05) is 5.32 Å². The minimum Gasteiger partial charge on any atom is -0.444 e. The van der Waals surface area contributed by atoms with E-state index in [9.17, 15) is 4.79 Å². The van der Waals surface area contributed by atoms with Crippen molar-refractivity contribution in [2.45, 2.75) is 32.9 Å². The molecule has 100 valence electrons. The van der Waals surface area contributed by atoms with E-state index in [0.717, 1.165) is 5.56 Å². The van der Waals surface area contributed by atoms with Gasteiger partial charge in [-0.2, -0.15) is 0 Å². The van der Waals surface area contributed by atoms with E-state index in [1.807, 2.05) is 5.48 Å². The van der Waals surface area contributed by atoms with E-state index in [-0.39, 0.29) is 6.54 Å². The summed E-state index contributed by atoms with van der Waals surface area (Å²) in [5, 5.41) is 11.5. The summed E-state index contributed by atoms with van der Waals surface area (Å²) in [5.41, 5.74) is 2.74. The van der Waals surface area contributed by atoms with Gasteiger partial charge in [-0.05, 0) is 38.5 Å². The van der Waals surface area contributed by atoms with Crippen LogP contribution in [0.2, 0.25) is 5.02 Å². The van der Waals surface area contributed by atoms with Crippen LogP contribution >= 0.6 is 11.6 Å². The monoisotopic (exact) mass is 272 g/mol. The molecule has 0 aromatic heterocycles. The van der Waals surface area contributed by atoms with Crippen LogP contribution in [0.25, 0.3) is 0 Å². The molecule has 0 aliphatic rings. The molecule has 3 N–H and O–H groups in total. The van der Waals surface area contributed by atoms with Gasteiger partial charge in [0.25, 0.3) is 0 Å². The van der Waals surface area contributed by atoms with Crippen LogP contribution in [-0.2, 0) is 11.3 Å². The van der Waals surface area contributed by atoms with Crippen LogP contribution in [0.5, 0.6) is 0 Å². The summed E-state index contributed by atoms with van der Waals surface area (Å²) in [7, 11) is 0. The number of hydroxylamine groups is 1. The molecule has 5 nitrogen and oxygen atoms in total. The Balaban J connectivity index is 2.71. The van der Waals surface area contributed by atoms with Crippen molar-refractivity contribution in [3.63, 3.8) is 0 Å². The Morgan fingerprint density at radius 3 is 2.61 bits per heavy atom. The number of rotatable bonds is 3. The van der Waals surface area contributed by atoms with E-state index < -0.39 is 11.7 Å². The molecule has 0 saturated carbocycles. The lowest BCUT2D eigenvalue weighted by Crippen LogP contribution is -2.27. The maximum Gasteiger partial charge on any atom is 0.412 e. The van der Waals surface area contributed by atoms with Crippen molar-refractivity contribution in [1.29, 1.82) is 0 Å². The molecule has 1 aromatic carbocycles. The quantitative estimate of drug-likeness (QED) is 0.739. The first-order valence-corrected chi connectivity index (χ1v) is 5.85.